The number of hydrogen-bond acceptors (Lipinski definition) is 4. The highest BCUT2D eigenvalue weighted by Crippen LogP contribution is 2.34. The van der Waals surface area contributed by atoms with Crippen LogP contribution in [-0.2, 0) is 4.74 Å². The molecule has 0 saturated heterocycles. The summed E-state index contributed by atoms with van der Waals surface area (Å²) >= 11 is 1.43. The van der Waals surface area contributed by atoms with E-state index in [1.54, 1.807) is 0 Å². The van der Waals surface area contributed by atoms with Crippen LogP contribution in [-0.4, -0.2) is 25.2 Å². The van der Waals surface area contributed by atoms with E-state index in [1.807, 2.05) is 32.9 Å². The van der Waals surface area contributed by atoms with Crippen molar-refractivity contribution in [1.29, 1.82) is 0 Å². The molecule has 0 spiro atoms. The van der Waals surface area contributed by atoms with Crippen LogP contribution < -0.4 is 11.1 Å². The number of benzene rings is 1. The molecule has 5 heteroatoms. The molecule has 4 nitrogen and oxygen atoms in total. The first-order chi connectivity index (χ1) is 9.52. The van der Waals surface area contributed by atoms with Crippen molar-refractivity contribution in [2.45, 2.75) is 26.9 Å². The Morgan fingerprint density at radius 1 is 1.50 bits per heavy atom. The van der Waals surface area contributed by atoms with E-state index in [4.69, 9.17) is 10.5 Å². The zero-order valence-electron chi connectivity index (χ0n) is 12.0. The van der Waals surface area contributed by atoms with Gasteiger partial charge in [0.1, 0.15) is 4.88 Å². The number of anilines is 1. The number of nitrogens with two attached hydrogens (primary N) is 1. The molecule has 0 fully saturated rings. The zero-order valence-corrected chi connectivity index (χ0v) is 12.8. The average molecular weight is 292 g/mol. The summed E-state index contributed by atoms with van der Waals surface area (Å²) in [6, 6.07) is 6.02. The topological polar surface area (TPSA) is 64.3 Å². The Morgan fingerprint density at radius 2 is 2.25 bits per heavy atom. The number of amides is 1. The summed E-state index contributed by atoms with van der Waals surface area (Å²) in [7, 11) is 0. The van der Waals surface area contributed by atoms with Gasteiger partial charge in [0.15, 0.2) is 0 Å². The number of ether oxygens (including phenoxy) is 1. The van der Waals surface area contributed by atoms with Crippen LogP contribution in [0.5, 0.6) is 0 Å². The largest absolute Gasteiger partial charge is 0.397 e. The molecule has 2 rings (SSSR count). The quantitative estimate of drug-likeness (QED) is 0.890. The molecule has 1 aromatic carbocycles. The summed E-state index contributed by atoms with van der Waals surface area (Å²) in [6.45, 7) is 7.02. The molecule has 0 radical (unpaired) electrons. The molecule has 1 heterocycles. The van der Waals surface area contributed by atoms with E-state index in [9.17, 15) is 4.79 Å². The van der Waals surface area contributed by atoms with Crippen molar-refractivity contribution in [2.24, 2.45) is 0 Å². The maximum atomic E-state index is 12.2. The first kappa shape index (κ1) is 14.8. The molecule has 0 bridgehead atoms. The highest BCUT2D eigenvalue weighted by atomic mass is 32.1. The van der Waals surface area contributed by atoms with Gasteiger partial charge in [-0.25, -0.2) is 0 Å². The molecule has 0 saturated carbocycles. The molecule has 1 unspecified atom stereocenters. The highest BCUT2D eigenvalue weighted by Gasteiger charge is 2.16. The van der Waals surface area contributed by atoms with Crippen LogP contribution in [0.3, 0.4) is 0 Å². The number of thiophene rings is 1. The van der Waals surface area contributed by atoms with Crippen molar-refractivity contribution >= 4 is 33.0 Å². The first-order valence-electron chi connectivity index (χ1n) is 6.71. The summed E-state index contributed by atoms with van der Waals surface area (Å²) < 4.78 is 6.44. The third-order valence-electron chi connectivity index (χ3n) is 3.09. The predicted molar refractivity (Wildman–Crippen MR) is 84.4 cm³/mol. The van der Waals surface area contributed by atoms with E-state index in [0.29, 0.717) is 23.7 Å². The number of nitrogen functional groups attached to an aromatic ring is 1. The Hall–Kier alpha value is -1.59. The number of carbonyl (C=O) groups is 1. The fraction of sp³-hybridized carbons (Fsp3) is 0.400. The lowest BCUT2D eigenvalue weighted by Crippen LogP contribution is -2.32. The summed E-state index contributed by atoms with van der Waals surface area (Å²) in [6.07, 6.45) is 0.00166. The second-order valence-corrected chi connectivity index (χ2v) is 5.87. The van der Waals surface area contributed by atoms with Gasteiger partial charge in [0.05, 0.1) is 11.8 Å². The van der Waals surface area contributed by atoms with Crippen LogP contribution in [0.4, 0.5) is 5.69 Å². The molecular formula is C15H20N2O2S. The normalized spacial score (nSPS) is 12.6. The molecule has 1 amide bonds. The second-order valence-electron chi connectivity index (χ2n) is 4.82. The van der Waals surface area contributed by atoms with Crippen LogP contribution in [0.1, 0.15) is 29.1 Å². The minimum atomic E-state index is -0.132. The Balaban J connectivity index is 2.16. The Labute approximate surface area is 122 Å². The fourth-order valence-corrected chi connectivity index (χ4v) is 3.19. The van der Waals surface area contributed by atoms with Crippen molar-refractivity contribution in [3.05, 3.63) is 28.6 Å². The van der Waals surface area contributed by atoms with Gasteiger partial charge in [-0.15, -0.1) is 11.3 Å². The average Bonchev–Trinajstić information content (AvgIpc) is 2.73. The molecule has 0 aliphatic rings. The lowest BCUT2D eigenvalue weighted by atomic mass is 10.1. The number of nitrogens with one attached hydrogen (secondary N) is 1. The fourth-order valence-electron chi connectivity index (χ4n) is 2.05. The van der Waals surface area contributed by atoms with E-state index in [1.165, 1.54) is 11.3 Å². The van der Waals surface area contributed by atoms with Gasteiger partial charge < -0.3 is 15.8 Å². The van der Waals surface area contributed by atoms with Gasteiger partial charge in [0, 0.05) is 23.2 Å². The Kier molecular flexibility index (Phi) is 4.62. The summed E-state index contributed by atoms with van der Waals surface area (Å²) in [4.78, 5) is 12.8. The summed E-state index contributed by atoms with van der Waals surface area (Å²) in [5, 5.41) is 3.81. The third kappa shape index (κ3) is 3.11. The molecule has 0 aliphatic carbocycles. The van der Waals surface area contributed by atoms with Gasteiger partial charge >= 0.3 is 0 Å². The van der Waals surface area contributed by atoms with Crippen LogP contribution in [0.2, 0.25) is 0 Å². The standard InChI is InChI=1S/C15H20N2O2S/c1-4-19-10(3)8-17-15(18)14-13(16)11-6-5-9(2)7-12(11)20-14/h5-7,10H,4,8,16H2,1-3H3,(H,17,18). The molecule has 1 atom stereocenters. The van der Waals surface area contributed by atoms with E-state index >= 15 is 0 Å². The monoisotopic (exact) mass is 292 g/mol. The van der Waals surface area contributed by atoms with E-state index in [-0.39, 0.29) is 12.0 Å². The molecule has 3 N–H and O–H groups in total. The number of rotatable bonds is 5. The molecule has 2 aromatic rings. The summed E-state index contributed by atoms with van der Waals surface area (Å²) in [5.74, 6) is -0.132. The lowest BCUT2D eigenvalue weighted by molar-refractivity contribution is 0.0697. The van der Waals surface area contributed by atoms with Crippen LogP contribution in [0.15, 0.2) is 18.2 Å². The van der Waals surface area contributed by atoms with Gasteiger partial charge in [-0.2, -0.15) is 0 Å². The van der Waals surface area contributed by atoms with Crippen molar-refractivity contribution in [3.63, 3.8) is 0 Å². The van der Waals surface area contributed by atoms with Gasteiger partial charge in [-0.3, -0.25) is 4.79 Å². The number of aryl methyl sites for hydroxylation is 1. The maximum Gasteiger partial charge on any atom is 0.263 e. The van der Waals surface area contributed by atoms with Crippen LogP contribution in [0.25, 0.3) is 10.1 Å². The molecular weight excluding hydrogens is 272 g/mol. The highest BCUT2D eigenvalue weighted by molar-refractivity contribution is 7.21. The molecule has 108 valence electrons. The van der Waals surface area contributed by atoms with E-state index < -0.39 is 0 Å². The van der Waals surface area contributed by atoms with Gasteiger partial charge in [-0.05, 0) is 32.4 Å². The summed E-state index contributed by atoms with van der Waals surface area (Å²) in [5.41, 5.74) is 7.80. The second kappa shape index (κ2) is 6.24. The third-order valence-corrected chi connectivity index (χ3v) is 4.26. The molecule has 1 aromatic heterocycles. The molecule has 0 aliphatic heterocycles. The lowest BCUT2D eigenvalue weighted by Gasteiger charge is -2.12. The Bertz CT molecular complexity index is 622. The molecule has 20 heavy (non-hydrogen) atoms. The van der Waals surface area contributed by atoms with Crippen LogP contribution >= 0.6 is 11.3 Å². The van der Waals surface area contributed by atoms with E-state index in [2.05, 4.69) is 11.4 Å². The smallest absolute Gasteiger partial charge is 0.263 e. The van der Waals surface area contributed by atoms with Gasteiger partial charge in [-0.1, -0.05) is 12.1 Å². The first-order valence-corrected chi connectivity index (χ1v) is 7.53. The van der Waals surface area contributed by atoms with Crippen molar-refractivity contribution in [2.75, 3.05) is 18.9 Å². The van der Waals surface area contributed by atoms with Crippen LogP contribution in [0, 0.1) is 6.92 Å². The minimum Gasteiger partial charge on any atom is -0.397 e. The minimum absolute atomic E-state index is 0.00166. The van der Waals surface area contributed by atoms with Gasteiger partial charge in [0.2, 0.25) is 0 Å². The SMILES string of the molecule is CCOC(C)CNC(=O)c1sc2cc(C)ccc2c1N. The zero-order chi connectivity index (χ0) is 14.7. The number of hydrogen-bond donors (Lipinski definition) is 2. The Morgan fingerprint density at radius 3 is 2.95 bits per heavy atom. The van der Waals surface area contributed by atoms with E-state index in [0.717, 1.165) is 15.6 Å². The number of fused-ring (bicyclic) bond motifs is 1. The number of carbonyl (C=O) groups excluding carboxylic acids is 1. The van der Waals surface area contributed by atoms with Crippen molar-refractivity contribution in [3.8, 4) is 0 Å². The van der Waals surface area contributed by atoms with Gasteiger partial charge in [0.25, 0.3) is 5.91 Å². The maximum absolute atomic E-state index is 12.2. The van der Waals surface area contributed by atoms with Crippen molar-refractivity contribution in [1.82, 2.24) is 5.32 Å². The van der Waals surface area contributed by atoms with Crippen molar-refractivity contribution < 1.29 is 9.53 Å². The predicted octanol–water partition coefficient (Wildman–Crippen LogP) is 2.95.